The van der Waals surface area contributed by atoms with Crippen LogP contribution < -0.4 is 5.32 Å². The number of aliphatic carboxylic acids is 1. The summed E-state index contributed by atoms with van der Waals surface area (Å²) in [5.41, 5.74) is 0.797. The van der Waals surface area contributed by atoms with Crippen LogP contribution >= 0.6 is 22.6 Å². The van der Waals surface area contributed by atoms with Crippen molar-refractivity contribution < 1.29 is 28.2 Å². The highest BCUT2D eigenvalue weighted by molar-refractivity contribution is 14.1. The fraction of sp³-hybridized carbons (Fsp3) is 0.667. The fourth-order valence-corrected chi connectivity index (χ4v) is 5.21. The Labute approximate surface area is 202 Å². The molecule has 5 nitrogen and oxygen atoms in total. The van der Waals surface area contributed by atoms with E-state index in [1.165, 1.54) is 0 Å². The van der Waals surface area contributed by atoms with E-state index in [9.17, 15) is 14.7 Å². The summed E-state index contributed by atoms with van der Waals surface area (Å²) in [7, 11) is 0. The molecule has 1 amide bonds. The smallest absolute Gasteiger partial charge is 0.407 e. The van der Waals surface area contributed by atoms with Gasteiger partial charge in [-0.1, -0.05) is 98.9 Å². The second-order valence-corrected chi connectivity index (χ2v) is 10.5. The molecule has 0 aliphatic heterocycles. The lowest BCUT2D eigenvalue weighted by molar-refractivity contribution is -0.158. The first kappa shape index (κ1) is 26.8. The SMILES string of the molecule is CC(C)C[C@H](C(=O)O)C(F)(F)[C@H](I)[C@@H](CC1CCCCC1)NC(=O)OCc1ccccc1. The number of carboxylic acid groups (broad SMARTS) is 1. The standard InChI is InChI=1S/C24H34F2INO4/c1-16(2)13-19(22(29)30)24(25,26)21(27)20(14-17-9-5-3-6-10-17)28-23(31)32-15-18-11-7-4-8-12-18/h4,7-8,11-12,16-17,19-21H,3,5-6,9-10,13-15H2,1-2H3,(H,28,31)(H,29,30)/t19-,20-,21-/m1/s1. The molecular formula is C24H34F2INO4. The van der Waals surface area contributed by atoms with Crippen LogP contribution in [0.5, 0.6) is 0 Å². The van der Waals surface area contributed by atoms with Gasteiger partial charge in [0.25, 0.3) is 5.92 Å². The summed E-state index contributed by atoms with van der Waals surface area (Å²) in [6, 6.07) is 8.24. The lowest BCUT2D eigenvalue weighted by Gasteiger charge is -2.36. The Morgan fingerprint density at radius 3 is 2.38 bits per heavy atom. The highest BCUT2D eigenvalue weighted by atomic mass is 127. The largest absolute Gasteiger partial charge is 0.481 e. The molecule has 1 fully saturated rings. The molecule has 32 heavy (non-hydrogen) atoms. The maximum absolute atomic E-state index is 15.4. The Balaban J connectivity index is 2.14. The first-order valence-corrected chi connectivity index (χ1v) is 12.6. The number of carboxylic acids is 1. The lowest BCUT2D eigenvalue weighted by Crippen LogP contribution is -2.53. The van der Waals surface area contributed by atoms with Crippen LogP contribution in [-0.2, 0) is 16.1 Å². The predicted molar refractivity (Wildman–Crippen MR) is 128 cm³/mol. The Bertz CT molecular complexity index is 726. The zero-order valence-electron chi connectivity index (χ0n) is 18.7. The molecule has 0 aromatic heterocycles. The zero-order chi connectivity index (χ0) is 23.7. The monoisotopic (exact) mass is 565 g/mol. The Kier molecular flexibility index (Phi) is 10.6. The van der Waals surface area contributed by atoms with Crippen LogP contribution in [0.1, 0.15) is 64.4 Å². The van der Waals surface area contributed by atoms with Crippen LogP contribution in [-0.4, -0.2) is 33.1 Å². The van der Waals surface area contributed by atoms with Gasteiger partial charge < -0.3 is 15.2 Å². The van der Waals surface area contributed by atoms with E-state index in [1.807, 2.05) is 30.3 Å². The molecule has 0 heterocycles. The van der Waals surface area contributed by atoms with E-state index < -0.39 is 33.9 Å². The molecule has 1 aromatic rings. The van der Waals surface area contributed by atoms with Crippen molar-refractivity contribution in [3.63, 3.8) is 0 Å². The van der Waals surface area contributed by atoms with Crippen molar-refractivity contribution in [1.29, 1.82) is 0 Å². The summed E-state index contributed by atoms with van der Waals surface area (Å²) in [5, 5.41) is 12.2. The summed E-state index contributed by atoms with van der Waals surface area (Å²) < 4.78 is 34.7. The first-order chi connectivity index (χ1) is 15.1. The minimum atomic E-state index is -3.48. The van der Waals surface area contributed by atoms with Gasteiger partial charge in [-0.3, -0.25) is 4.79 Å². The van der Waals surface area contributed by atoms with Gasteiger partial charge in [-0.2, -0.15) is 0 Å². The van der Waals surface area contributed by atoms with Gasteiger partial charge in [-0.05, 0) is 30.2 Å². The van der Waals surface area contributed by atoms with Crippen molar-refractivity contribution in [2.45, 2.75) is 81.3 Å². The number of halogens is 3. The number of hydrogen-bond acceptors (Lipinski definition) is 3. The lowest BCUT2D eigenvalue weighted by atomic mass is 9.81. The topological polar surface area (TPSA) is 75.6 Å². The second-order valence-electron chi connectivity index (χ2n) is 9.15. The highest BCUT2D eigenvalue weighted by Crippen LogP contribution is 2.41. The Morgan fingerprint density at radius 2 is 1.81 bits per heavy atom. The maximum Gasteiger partial charge on any atom is 0.407 e. The van der Waals surface area contributed by atoms with Gasteiger partial charge in [0.2, 0.25) is 0 Å². The van der Waals surface area contributed by atoms with Crippen LogP contribution in [0.4, 0.5) is 13.6 Å². The summed E-state index contributed by atoms with van der Waals surface area (Å²) in [4.78, 5) is 24.2. The second kappa shape index (κ2) is 12.7. The van der Waals surface area contributed by atoms with Gasteiger partial charge in [-0.15, -0.1) is 0 Å². The van der Waals surface area contributed by atoms with Crippen molar-refractivity contribution >= 4 is 34.7 Å². The highest BCUT2D eigenvalue weighted by Gasteiger charge is 2.53. The number of amides is 1. The summed E-state index contributed by atoms with van der Waals surface area (Å²) in [6.07, 6.45) is 4.58. The van der Waals surface area contributed by atoms with Gasteiger partial charge >= 0.3 is 12.1 Å². The minimum Gasteiger partial charge on any atom is -0.481 e. The van der Waals surface area contributed by atoms with Crippen molar-refractivity contribution in [2.24, 2.45) is 17.8 Å². The molecule has 0 spiro atoms. The average Bonchev–Trinajstić information content (AvgIpc) is 2.76. The first-order valence-electron chi connectivity index (χ1n) is 11.3. The van der Waals surface area contributed by atoms with E-state index >= 15 is 8.78 Å². The molecule has 2 N–H and O–H groups in total. The molecule has 3 atom stereocenters. The third-order valence-corrected chi connectivity index (χ3v) is 7.72. The van der Waals surface area contributed by atoms with Crippen molar-refractivity contribution in [3.05, 3.63) is 35.9 Å². The molecule has 1 saturated carbocycles. The molecule has 0 radical (unpaired) electrons. The zero-order valence-corrected chi connectivity index (χ0v) is 20.9. The quantitative estimate of drug-likeness (QED) is 0.239. The van der Waals surface area contributed by atoms with E-state index in [1.54, 1.807) is 36.4 Å². The maximum atomic E-state index is 15.4. The van der Waals surface area contributed by atoms with Crippen LogP contribution in [0, 0.1) is 17.8 Å². The van der Waals surface area contributed by atoms with Crippen molar-refractivity contribution in [1.82, 2.24) is 5.32 Å². The van der Waals surface area contributed by atoms with Gasteiger partial charge in [-0.25, -0.2) is 13.6 Å². The Morgan fingerprint density at radius 1 is 1.19 bits per heavy atom. The van der Waals surface area contributed by atoms with E-state index in [-0.39, 0.29) is 24.9 Å². The molecular weight excluding hydrogens is 531 g/mol. The Hall–Kier alpha value is -1.45. The van der Waals surface area contributed by atoms with Crippen LogP contribution in [0.25, 0.3) is 0 Å². The molecule has 0 saturated heterocycles. The van der Waals surface area contributed by atoms with E-state index in [0.717, 1.165) is 37.7 Å². The van der Waals surface area contributed by atoms with Crippen molar-refractivity contribution in [3.8, 4) is 0 Å². The number of rotatable bonds is 11. The summed E-state index contributed by atoms with van der Waals surface area (Å²) in [5.74, 6) is -6.76. The average molecular weight is 565 g/mol. The number of nitrogens with one attached hydrogen (secondary N) is 1. The van der Waals surface area contributed by atoms with E-state index in [2.05, 4.69) is 5.32 Å². The predicted octanol–water partition coefficient (Wildman–Crippen LogP) is 6.44. The number of alkyl halides is 3. The molecule has 8 heteroatoms. The molecule has 1 aliphatic carbocycles. The molecule has 0 unspecified atom stereocenters. The van der Waals surface area contributed by atoms with E-state index in [0.29, 0.717) is 6.42 Å². The normalized spacial score (nSPS) is 18.1. The third-order valence-electron chi connectivity index (χ3n) is 6.02. The molecule has 2 rings (SSSR count). The van der Waals surface area contributed by atoms with Gasteiger partial charge in [0.05, 0.1) is 9.97 Å². The van der Waals surface area contributed by atoms with Crippen molar-refractivity contribution in [2.75, 3.05) is 0 Å². The molecule has 1 aromatic carbocycles. The number of carbonyl (C=O) groups excluding carboxylic acids is 1. The number of benzene rings is 1. The van der Waals surface area contributed by atoms with Gasteiger partial charge in [0.15, 0.2) is 0 Å². The fourth-order valence-electron chi connectivity index (χ4n) is 4.30. The van der Waals surface area contributed by atoms with Gasteiger partial charge in [0.1, 0.15) is 12.5 Å². The summed E-state index contributed by atoms with van der Waals surface area (Å²) in [6.45, 7) is 3.50. The third kappa shape index (κ3) is 8.15. The molecule has 0 bridgehead atoms. The number of hydrogen-bond donors (Lipinski definition) is 2. The van der Waals surface area contributed by atoms with Crippen LogP contribution in [0.2, 0.25) is 0 Å². The van der Waals surface area contributed by atoms with E-state index in [4.69, 9.17) is 4.74 Å². The number of carbonyl (C=O) groups is 2. The number of alkyl carbamates (subject to hydrolysis) is 1. The van der Waals surface area contributed by atoms with Crippen LogP contribution in [0.15, 0.2) is 30.3 Å². The van der Waals surface area contributed by atoms with Crippen LogP contribution in [0.3, 0.4) is 0 Å². The minimum absolute atomic E-state index is 0.0379. The summed E-state index contributed by atoms with van der Waals surface area (Å²) >= 11 is 1.63. The van der Waals surface area contributed by atoms with Gasteiger partial charge in [0, 0.05) is 0 Å². The number of ether oxygens (including phenoxy) is 1. The molecule has 1 aliphatic rings. The molecule has 180 valence electrons.